The van der Waals surface area contributed by atoms with Crippen molar-refractivity contribution < 1.29 is 14.3 Å². The zero-order chi connectivity index (χ0) is 17.5. The van der Waals surface area contributed by atoms with Crippen LogP contribution in [0.25, 0.3) is 0 Å². The number of rotatable bonds is 5. The average Bonchev–Trinajstić information content (AvgIpc) is 2.63. The first kappa shape index (κ1) is 19.0. The fourth-order valence-corrected chi connectivity index (χ4v) is 3.96. The lowest BCUT2D eigenvalue weighted by atomic mass is 9.93. The number of amides is 2. The van der Waals surface area contributed by atoms with Crippen LogP contribution in [0.4, 0.5) is 4.79 Å². The second-order valence-corrected chi connectivity index (χ2v) is 6.76. The number of likely N-dealkylation sites (tertiary alicyclic amines) is 2. The highest BCUT2D eigenvalue weighted by Crippen LogP contribution is 2.25. The van der Waals surface area contributed by atoms with Crippen LogP contribution < -0.4 is 0 Å². The Hall–Kier alpha value is -1.30. The molecule has 0 saturated carbocycles. The zero-order valence-electron chi connectivity index (χ0n) is 15.5. The fourth-order valence-electron chi connectivity index (χ4n) is 3.96. The molecule has 1 unspecified atom stereocenters. The van der Waals surface area contributed by atoms with E-state index in [1.54, 1.807) is 0 Å². The van der Waals surface area contributed by atoms with Crippen molar-refractivity contribution in [2.75, 3.05) is 45.9 Å². The summed E-state index contributed by atoms with van der Waals surface area (Å²) in [5, 5.41) is 0. The molecule has 0 aromatic heterocycles. The van der Waals surface area contributed by atoms with Gasteiger partial charge in [0.25, 0.3) is 0 Å². The van der Waals surface area contributed by atoms with Gasteiger partial charge in [-0.05, 0) is 53.0 Å². The zero-order valence-corrected chi connectivity index (χ0v) is 15.5. The lowest BCUT2D eigenvalue weighted by Gasteiger charge is -2.42. The summed E-state index contributed by atoms with van der Waals surface area (Å²) in [6.45, 7) is 11.4. The molecule has 2 heterocycles. The Morgan fingerprint density at radius 1 is 1.04 bits per heavy atom. The van der Waals surface area contributed by atoms with Gasteiger partial charge < -0.3 is 14.5 Å². The second-order valence-electron chi connectivity index (χ2n) is 6.76. The molecular formula is C18H33N3O3. The van der Waals surface area contributed by atoms with Crippen molar-refractivity contribution in [3.63, 3.8) is 0 Å². The van der Waals surface area contributed by atoms with E-state index in [-0.39, 0.29) is 12.0 Å². The van der Waals surface area contributed by atoms with E-state index in [1.165, 1.54) is 0 Å². The second kappa shape index (κ2) is 9.25. The van der Waals surface area contributed by atoms with Gasteiger partial charge in [0.2, 0.25) is 5.91 Å². The molecule has 0 N–H and O–H groups in total. The smallest absolute Gasteiger partial charge is 0.409 e. The summed E-state index contributed by atoms with van der Waals surface area (Å²) in [4.78, 5) is 30.7. The van der Waals surface area contributed by atoms with Crippen LogP contribution in [-0.2, 0) is 9.53 Å². The Bertz CT molecular complexity index is 418. The van der Waals surface area contributed by atoms with Gasteiger partial charge in [0.05, 0.1) is 12.5 Å². The third-order valence-corrected chi connectivity index (χ3v) is 5.38. The van der Waals surface area contributed by atoms with Gasteiger partial charge in [-0.15, -0.1) is 0 Å². The molecule has 0 radical (unpaired) electrons. The summed E-state index contributed by atoms with van der Waals surface area (Å²) < 4.78 is 5.08. The van der Waals surface area contributed by atoms with Gasteiger partial charge in [-0.2, -0.15) is 0 Å². The minimum atomic E-state index is -0.191. The molecule has 24 heavy (non-hydrogen) atoms. The summed E-state index contributed by atoms with van der Waals surface area (Å²) in [5.41, 5.74) is 0. The maximum Gasteiger partial charge on any atom is 0.409 e. The van der Waals surface area contributed by atoms with Crippen molar-refractivity contribution in [3.05, 3.63) is 0 Å². The van der Waals surface area contributed by atoms with Crippen molar-refractivity contribution >= 4 is 12.0 Å². The number of hydrogen-bond acceptors (Lipinski definition) is 4. The van der Waals surface area contributed by atoms with Gasteiger partial charge in [0, 0.05) is 38.8 Å². The number of carbonyl (C=O) groups excluding carboxylic acids is 2. The van der Waals surface area contributed by atoms with E-state index in [0.29, 0.717) is 18.6 Å². The van der Waals surface area contributed by atoms with Gasteiger partial charge in [-0.25, -0.2) is 4.79 Å². The van der Waals surface area contributed by atoms with Crippen molar-refractivity contribution in [2.45, 2.75) is 52.5 Å². The summed E-state index contributed by atoms with van der Waals surface area (Å²) in [6.07, 6.45) is 3.86. The average molecular weight is 339 g/mol. The highest BCUT2D eigenvalue weighted by molar-refractivity contribution is 5.79. The van der Waals surface area contributed by atoms with Crippen LogP contribution in [0.3, 0.4) is 0 Å². The van der Waals surface area contributed by atoms with Gasteiger partial charge in [-0.1, -0.05) is 0 Å². The van der Waals surface area contributed by atoms with Crippen molar-refractivity contribution in [3.8, 4) is 0 Å². The van der Waals surface area contributed by atoms with E-state index in [4.69, 9.17) is 4.74 Å². The minimum Gasteiger partial charge on any atom is -0.450 e. The van der Waals surface area contributed by atoms with Gasteiger partial charge in [0.15, 0.2) is 0 Å². The Labute approximate surface area is 146 Å². The first-order chi connectivity index (χ1) is 11.6. The van der Waals surface area contributed by atoms with Crippen LogP contribution in [0.5, 0.6) is 0 Å². The molecule has 6 heteroatoms. The summed E-state index contributed by atoms with van der Waals surface area (Å²) in [6, 6.07) is 0.489. The van der Waals surface area contributed by atoms with E-state index in [0.717, 1.165) is 65.0 Å². The van der Waals surface area contributed by atoms with E-state index in [9.17, 15) is 9.59 Å². The van der Waals surface area contributed by atoms with E-state index in [1.807, 2.05) is 30.6 Å². The van der Waals surface area contributed by atoms with Gasteiger partial charge in [0.1, 0.15) is 0 Å². The summed E-state index contributed by atoms with van der Waals surface area (Å²) in [7, 11) is 0. The molecule has 2 rings (SSSR count). The molecule has 2 aliphatic rings. The SMILES string of the molecule is CCOC(=O)N1CCC(N2CCCC(C(=O)N(CC)CC)C2)CC1. The monoisotopic (exact) mass is 339 g/mol. The van der Waals surface area contributed by atoms with Crippen LogP contribution in [0.15, 0.2) is 0 Å². The molecular weight excluding hydrogens is 306 g/mol. The molecule has 0 spiro atoms. The molecule has 0 bridgehead atoms. The molecule has 2 amide bonds. The van der Waals surface area contributed by atoms with Crippen molar-refractivity contribution in [1.82, 2.24) is 14.7 Å². The van der Waals surface area contributed by atoms with Crippen molar-refractivity contribution in [1.29, 1.82) is 0 Å². The quantitative estimate of drug-likeness (QED) is 0.770. The molecule has 0 aromatic rings. The van der Waals surface area contributed by atoms with Crippen LogP contribution in [-0.4, -0.2) is 78.6 Å². The molecule has 2 fully saturated rings. The number of nitrogens with zero attached hydrogens (tertiary/aromatic N) is 3. The van der Waals surface area contributed by atoms with Gasteiger partial charge >= 0.3 is 6.09 Å². The van der Waals surface area contributed by atoms with E-state index >= 15 is 0 Å². The van der Waals surface area contributed by atoms with Crippen LogP contribution in [0.1, 0.15) is 46.5 Å². The van der Waals surface area contributed by atoms with E-state index < -0.39 is 0 Å². The topological polar surface area (TPSA) is 53.1 Å². The third-order valence-electron chi connectivity index (χ3n) is 5.38. The Kier molecular flexibility index (Phi) is 7.34. The number of hydrogen-bond donors (Lipinski definition) is 0. The highest BCUT2D eigenvalue weighted by Gasteiger charge is 2.33. The predicted molar refractivity (Wildman–Crippen MR) is 93.8 cm³/mol. The molecule has 0 aliphatic carbocycles. The molecule has 0 aromatic carbocycles. The molecule has 2 saturated heterocycles. The maximum atomic E-state index is 12.6. The largest absolute Gasteiger partial charge is 0.450 e. The normalized spacial score (nSPS) is 23.1. The molecule has 6 nitrogen and oxygen atoms in total. The van der Waals surface area contributed by atoms with Crippen LogP contribution in [0.2, 0.25) is 0 Å². The minimum absolute atomic E-state index is 0.140. The Morgan fingerprint density at radius 2 is 1.71 bits per heavy atom. The highest BCUT2D eigenvalue weighted by atomic mass is 16.6. The van der Waals surface area contributed by atoms with Crippen LogP contribution in [0, 0.1) is 5.92 Å². The first-order valence-corrected chi connectivity index (χ1v) is 9.55. The third kappa shape index (κ3) is 4.62. The van der Waals surface area contributed by atoms with Gasteiger partial charge in [-0.3, -0.25) is 9.69 Å². The Morgan fingerprint density at radius 3 is 2.29 bits per heavy atom. The Balaban J connectivity index is 1.85. The van der Waals surface area contributed by atoms with Crippen molar-refractivity contribution in [2.24, 2.45) is 5.92 Å². The standard InChI is InChI=1S/C18H33N3O3/c1-4-19(5-2)17(22)15-8-7-11-21(14-15)16-9-12-20(13-10-16)18(23)24-6-3/h15-16H,4-14H2,1-3H3. The fraction of sp³-hybridized carbons (Fsp3) is 0.889. The molecule has 1 atom stereocenters. The maximum absolute atomic E-state index is 12.6. The predicted octanol–water partition coefficient (Wildman–Crippen LogP) is 2.19. The number of piperidine rings is 2. The molecule has 2 aliphatic heterocycles. The number of ether oxygens (including phenoxy) is 1. The van der Waals surface area contributed by atoms with E-state index in [2.05, 4.69) is 4.90 Å². The summed E-state index contributed by atoms with van der Waals surface area (Å²) >= 11 is 0. The molecule has 138 valence electrons. The summed E-state index contributed by atoms with van der Waals surface area (Å²) in [5.74, 6) is 0.454. The lowest BCUT2D eigenvalue weighted by molar-refractivity contribution is -0.137. The lowest BCUT2D eigenvalue weighted by Crippen LogP contribution is -2.52. The number of carbonyl (C=O) groups is 2. The first-order valence-electron chi connectivity index (χ1n) is 9.55. The van der Waals surface area contributed by atoms with Crippen LogP contribution >= 0.6 is 0 Å².